The van der Waals surface area contributed by atoms with Crippen molar-refractivity contribution in [1.29, 1.82) is 0 Å². The zero-order chi connectivity index (χ0) is 16.0. The second-order valence-electron chi connectivity index (χ2n) is 5.08. The lowest BCUT2D eigenvalue weighted by molar-refractivity contribution is 0.443. The van der Waals surface area contributed by atoms with Gasteiger partial charge in [0.2, 0.25) is 10.0 Å². The van der Waals surface area contributed by atoms with Gasteiger partial charge in [-0.1, -0.05) is 33.1 Å². The smallest absolute Gasteiger partial charge is 0.242 e. The van der Waals surface area contributed by atoms with Gasteiger partial charge >= 0.3 is 0 Å². The molecule has 1 aromatic rings. The summed E-state index contributed by atoms with van der Waals surface area (Å²) in [7, 11) is -3.57. The van der Waals surface area contributed by atoms with E-state index in [1.54, 1.807) is 12.1 Å². The number of halogens is 2. The average Bonchev–Trinajstić information content (AvgIpc) is 2.37. The topological polar surface area (TPSA) is 72.2 Å². The van der Waals surface area contributed by atoms with Crippen LogP contribution in [0.25, 0.3) is 0 Å². The Kier molecular flexibility index (Phi) is 7.67. The molecule has 4 nitrogen and oxygen atoms in total. The molecule has 21 heavy (non-hydrogen) atoms. The molecule has 0 heterocycles. The fourth-order valence-electron chi connectivity index (χ4n) is 2.08. The van der Waals surface area contributed by atoms with Gasteiger partial charge in [0.1, 0.15) is 4.90 Å². The van der Waals surface area contributed by atoms with Crippen LogP contribution >= 0.6 is 31.9 Å². The normalized spacial score (nSPS) is 13.3. The van der Waals surface area contributed by atoms with Crippen LogP contribution < -0.4 is 10.5 Å². The van der Waals surface area contributed by atoms with Crippen LogP contribution in [0.15, 0.2) is 26.0 Å². The van der Waals surface area contributed by atoms with Gasteiger partial charge in [0.25, 0.3) is 0 Å². The molecule has 0 aliphatic rings. The van der Waals surface area contributed by atoms with Crippen LogP contribution in [0.4, 0.5) is 5.69 Å². The number of benzene rings is 1. The molecule has 0 fully saturated rings. The van der Waals surface area contributed by atoms with Gasteiger partial charge in [-0.3, -0.25) is 0 Å². The Hall–Kier alpha value is -0.110. The van der Waals surface area contributed by atoms with Gasteiger partial charge in [0.15, 0.2) is 0 Å². The average molecular weight is 442 g/mol. The second-order valence-corrected chi connectivity index (χ2v) is 8.49. The van der Waals surface area contributed by atoms with Crippen molar-refractivity contribution in [3.05, 3.63) is 21.1 Å². The minimum Gasteiger partial charge on any atom is -0.399 e. The first kappa shape index (κ1) is 18.9. The Morgan fingerprint density at radius 3 is 2.29 bits per heavy atom. The molecule has 0 saturated carbocycles. The number of nitrogens with two attached hydrogens (primary N) is 1. The molecule has 1 rings (SSSR count). The summed E-state index contributed by atoms with van der Waals surface area (Å²) < 4.78 is 28.6. The zero-order valence-electron chi connectivity index (χ0n) is 12.3. The lowest BCUT2D eigenvalue weighted by atomic mass is 10.00. The van der Waals surface area contributed by atoms with Crippen LogP contribution in [-0.4, -0.2) is 15.0 Å². The summed E-state index contributed by atoms with van der Waals surface area (Å²) in [5.41, 5.74) is 6.20. The largest absolute Gasteiger partial charge is 0.399 e. The molecular formula is C14H22Br2N2O2S. The maximum absolute atomic E-state index is 12.5. The highest BCUT2D eigenvalue weighted by Gasteiger charge is 2.22. The van der Waals surface area contributed by atoms with Crippen LogP contribution in [0.2, 0.25) is 0 Å². The molecule has 0 saturated heterocycles. The first-order chi connectivity index (χ1) is 9.81. The van der Waals surface area contributed by atoms with E-state index in [1.165, 1.54) is 0 Å². The number of nitrogens with one attached hydrogen (secondary N) is 1. The van der Waals surface area contributed by atoms with Crippen molar-refractivity contribution < 1.29 is 8.42 Å². The number of unbranched alkanes of at least 4 members (excludes halogenated alkanes) is 1. The fraction of sp³-hybridized carbons (Fsp3) is 0.571. The number of anilines is 1. The van der Waals surface area contributed by atoms with E-state index in [2.05, 4.69) is 50.4 Å². The first-order valence-electron chi connectivity index (χ1n) is 7.06. The van der Waals surface area contributed by atoms with Crippen molar-refractivity contribution in [2.24, 2.45) is 5.92 Å². The van der Waals surface area contributed by atoms with E-state index in [9.17, 15) is 8.42 Å². The van der Waals surface area contributed by atoms with Crippen molar-refractivity contribution in [3.63, 3.8) is 0 Å². The minimum atomic E-state index is -3.57. The summed E-state index contributed by atoms with van der Waals surface area (Å²) in [5, 5.41) is 0. The third-order valence-corrected chi connectivity index (χ3v) is 6.69. The number of nitrogen functional groups attached to an aromatic ring is 1. The molecule has 0 spiro atoms. The molecule has 0 amide bonds. The Morgan fingerprint density at radius 2 is 1.81 bits per heavy atom. The van der Waals surface area contributed by atoms with E-state index in [4.69, 9.17) is 5.73 Å². The summed E-state index contributed by atoms with van der Waals surface area (Å²) in [5.74, 6) is 0.367. The highest BCUT2D eigenvalue weighted by Crippen LogP contribution is 2.32. The number of hydrogen-bond acceptors (Lipinski definition) is 3. The third kappa shape index (κ3) is 5.54. The zero-order valence-corrected chi connectivity index (χ0v) is 16.3. The fourth-order valence-corrected chi connectivity index (χ4v) is 5.81. The summed E-state index contributed by atoms with van der Waals surface area (Å²) in [6.45, 7) is 4.69. The van der Waals surface area contributed by atoms with Gasteiger partial charge in [-0.25, -0.2) is 13.1 Å². The third-order valence-electron chi connectivity index (χ3n) is 3.39. The molecule has 7 heteroatoms. The van der Waals surface area contributed by atoms with E-state index in [0.717, 1.165) is 25.7 Å². The van der Waals surface area contributed by atoms with E-state index in [1.807, 2.05) is 0 Å². The van der Waals surface area contributed by atoms with Crippen molar-refractivity contribution in [1.82, 2.24) is 4.72 Å². The molecule has 1 aromatic carbocycles. The Bertz CT molecular complexity index is 553. The first-order valence-corrected chi connectivity index (χ1v) is 10.1. The van der Waals surface area contributed by atoms with Crippen molar-refractivity contribution in [2.45, 2.75) is 44.4 Å². The lowest BCUT2D eigenvalue weighted by Crippen LogP contribution is -2.29. The van der Waals surface area contributed by atoms with Crippen LogP contribution in [-0.2, 0) is 10.0 Å². The molecule has 1 unspecified atom stereocenters. The van der Waals surface area contributed by atoms with Gasteiger partial charge in [-0.15, -0.1) is 0 Å². The van der Waals surface area contributed by atoms with E-state index in [0.29, 0.717) is 27.1 Å². The van der Waals surface area contributed by atoms with Crippen LogP contribution in [0, 0.1) is 5.92 Å². The molecule has 0 bridgehead atoms. The van der Waals surface area contributed by atoms with Gasteiger partial charge in [-0.05, 0) is 56.3 Å². The second kappa shape index (κ2) is 8.50. The van der Waals surface area contributed by atoms with Gasteiger partial charge in [0, 0.05) is 21.2 Å². The number of hydrogen-bond donors (Lipinski definition) is 2. The van der Waals surface area contributed by atoms with Crippen LogP contribution in [0.3, 0.4) is 0 Å². The Balaban J connectivity index is 2.87. The van der Waals surface area contributed by atoms with E-state index < -0.39 is 10.0 Å². The Morgan fingerprint density at radius 1 is 1.24 bits per heavy atom. The van der Waals surface area contributed by atoms with Gasteiger partial charge < -0.3 is 5.73 Å². The molecule has 0 radical (unpaired) electrons. The standard InChI is InChI=1S/C14H22Br2N2O2S/c1-3-5-6-10(4-2)9-18-21(19,20)14-12(15)7-11(17)8-13(14)16/h7-8,10,18H,3-6,9,17H2,1-2H3. The monoisotopic (exact) mass is 440 g/mol. The predicted molar refractivity (Wildman–Crippen MR) is 94.7 cm³/mol. The van der Waals surface area contributed by atoms with Crippen molar-refractivity contribution in [2.75, 3.05) is 12.3 Å². The summed E-state index contributed by atoms with van der Waals surface area (Å²) in [4.78, 5) is 0.196. The molecule has 3 N–H and O–H groups in total. The van der Waals surface area contributed by atoms with Crippen molar-refractivity contribution in [3.8, 4) is 0 Å². The lowest BCUT2D eigenvalue weighted by Gasteiger charge is -2.16. The molecule has 0 aliphatic carbocycles. The minimum absolute atomic E-state index is 0.196. The summed E-state index contributed by atoms with van der Waals surface area (Å²) >= 11 is 6.54. The van der Waals surface area contributed by atoms with E-state index >= 15 is 0 Å². The maximum Gasteiger partial charge on any atom is 0.242 e. The van der Waals surface area contributed by atoms with Gasteiger partial charge in [0.05, 0.1) is 0 Å². The highest BCUT2D eigenvalue weighted by atomic mass is 79.9. The maximum atomic E-state index is 12.5. The van der Waals surface area contributed by atoms with Gasteiger partial charge in [-0.2, -0.15) is 0 Å². The number of rotatable bonds is 8. The number of sulfonamides is 1. The van der Waals surface area contributed by atoms with Crippen LogP contribution in [0.5, 0.6) is 0 Å². The summed E-state index contributed by atoms with van der Waals surface area (Å²) in [6.07, 6.45) is 4.25. The molecule has 0 aromatic heterocycles. The Labute approximate surface area is 144 Å². The van der Waals surface area contributed by atoms with Crippen molar-refractivity contribution >= 4 is 47.6 Å². The molecule has 1 atom stereocenters. The molecule has 120 valence electrons. The van der Waals surface area contributed by atoms with Crippen LogP contribution in [0.1, 0.15) is 39.5 Å². The quantitative estimate of drug-likeness (QED) is 0.591. The highest BCUT2D eigenvalue weighted by molar-refractivity contribution is 9.11. The predicted octanol–water partition coefficient (Wildman–Crippen LogP) is 4.29. The molecular weight excluding hydrogens is 420 g/mol. The summed E-state index contributed by atoms with van der Waals surface area (Å²) in [6, 6.07) is 3.18. The molecule has 0 aliphatic heterocycles. The van der Waals surface area contributed by atoms with E-state index in [-0.39, 0.29) is 4.90 Å². The SMILES string of the molecule is CCCCC(CC)CNS(=O)(=O)c1c(Br)cc(N)cc1Br.